The van der Waals surface area contributed by atoms with E-state index in [4.69, 9.17) is 0 Å². The van der Waals surface area contributed by atoms with Gasteiger partial charge in [0, 0.05) is 38.0 Å². The van der Waals surface area contributed by atoms with E-state index in [2.05, 4.69) is 19.2 Å². The molecule has 1 saturated carbocycles. The molecular weight excluding hydrogens is 414 g/mol. The van der Waals surface area contributed by atoms with Crippen LogP contribution in [-0.2, 0) is 14.4 Å². The number of carbonyl (C=O) groups excluding carboxylic acids is 3. The van der Waals surface area contributed by atoms with Gasteiger partial charge in [-0.05, 0) is 32.1 Å². The number of hydrogen-bond donors (Lipinski definition) is 1. The van der Waals surface area contributed by atoms with Crippen LogP contribution in [0.5, 0.6) is 0 Å². The molecule has 0 spiro atoms. The fourth-order valence-corrected chi connectivity index (χ4v) is 4.77. The van der Waals surface area contributed by atoms with Crippen molar-refractivity contribution in [1.29, 1.82) is 0 Å². The fourth-order valence-electron chi connectivity index (χ4n) is 4.77. The second-order valence-electron chi connectivity index (χ2n) is 10.4. The largest absolute Gasteiger partial charge is 0.344 e. The van der Waals surface area contributed by atoms with E-state index in [9.17, 15) is 14.4 Å². The number of unbranched alkanes of at least 4 members (excludes halogenated alkanes) is 8. The third kappa shape index (κ3) is 9.29. The molecule has 6 heteroatoms. The molecule has 2 rings (SSSR count). The molecule has 1 saturated heterocycles. The highest BCUT2D eigenvalue weighted by Crippen LogP contribution is 2.32. The molecule has 3 atom stereocenters. The number of carbonyl (C=O) groups is 3. The molecule has 0 aromatic rings. The van der Waals surface area contributed by atoms with Crippen molar-refractivity contribution < 1.29 is 14.4 Å². The Morgan fingerprint density at radius 1 is 0.909 bits per heavy atom. The SMILES string of the molecule is CCCCCCCCCCCC(=O)NC(C(=O)N1CCN(C(=O)C2CC2)C(C)C1)C(C)CC. The number of piperazine rings is 1. The summed E-state index contributed by atoms with van der Waals surface area (Å²) >= 11 is 0. The maximum Gasteiger partial charge on any atom is 0.245 e. The molecule has 1 heterocycles. The van der Waals surface area contributed by atoms with Gasteiger partial charge in [-0.25, -0.2) is 0 Å². The van der Waals surface area contributed by atoms with Gasteiger partial charge in [0.05, 0.1) is 0 Å². The summed E-state index contributed by atoms with van der Waals surface area (Å²) in [5, 5.41) is 3.06. The molecule has 0 aromatic carbocycles. The number of nitrogens with zero attached hydrogens (tertiary/aromatic N) is 2. The zero-order valence-electron chi connectivity index (χ0n) is 21.7. The third-order valence-electron chi connectivity index (χ3n) is 7.45. The molecule has 190 valence electrons. The molecule has 3 amide bonds. The van der Waals surface area contributed by atoms with E-state index < -0.39 is 6.04 Å². The molecular formula is C27H49N3O3. The molecule has 2 aliphatic rings. The van der Waals surface area contributed by atoms with Gasteiger partial charge in [0.15, 0.2) is 0 Å². The number of rotatable bonds is 15. The predicted molar refractivity (Wildman–Crippen MR) is 134 cm³/mol. The Hall–Kier alpha value is -1.59. The second-order valence-corrected chi connectivity index (χ2v) is 10.4. The van der Waals surface area contributed by atoms with Crippen molar-refractivity contribution in [2.45, 2.75) is 123 Å². The second kappa shape index (κ2) is 14.6. The molecule has 0 aromatic heterocycles. The van der Waals surface area contributed by atoms with Crippen LogP contribution in [0.15, 0.2) is 0 Å². The minimum absolute atomic E-state index is 0.00723. The van der Waals surface area contributed by atoms with Gasteiger partial charge in [0.1, 0.15) is 6.04 Å². The Bertz CT molecular complexity index is 620. The average Bonchev–Trinajstić information content (AvgIpc) is 3.65. The summed E-state index contributed by atoms with van der Waals surface area (Å²) in [6.07, 6.45) is 14.4. The van der Waals surface area contributed by atoms with Crippen LogP contribution in [0, 0.1) is 11.8 Å². The first kappa shape index (κ1) is 27.7. The molecule has 1 N–H and O–H groups in total. The van der Waals surface area contributed by atoms with E-state index in [0.717, 1.165) is 32.1 Å². The molecule has 33 heavy (non-hydrogen) atoms. The van der Waals surface area contributed by atoms with Gasteiger partial charge in [-0.1, -0.05) is 78.6 Å². The van der Waals surface area contributed by atoms with Crippen molar-refractivity contribution in [2.75, 3.05) is 19.6 Å². The van der Waals surface area contributed by atoms with Crippen LogP contribution >= 0.6 is 0 Å². The molecule has 1 aliphatic heterocycles. The first-order chi connectivity index (χ1) is 15.9. The van der Waals surface area contributed by atoms with Gasteiger partial charge in [0.25, 0.3) is 0 Å². The fraction of sp³-hybridized carbons (Fsp3) is 0.889. The Kier molecular flexibility index (Phi) is 12.3. The summed E-state index contributed by atoms with van der Waals surface area (Å²) in [5.74, 6) is 0.554. The monoisotopic (exact) mass is 463 g/mol. The van der Waals surface area contributed by atoms with Crippen molar-refractivity contribution in [2.24, 2.45) is 11.8 Å². The van der Waals surface area contributed by atoms with Crippen molar-refractivity contribution in [3.63, 3.8) is 0 Å². The Balaban J connectivity index is 1.73. The lowest BCUT2D eigenvalue weighted by Crippen LogP contribution is -2.60. The minimum atomic E-state index is -0.473. The average molecular weight is 464 g/mol. The van der Waals surface area contributed by atoms with Gasteiger partial charge < -0.3 is 15.1 Å². The quantitative estimate of drug-likeness (QED) is 0.351. The van der Waals surface area contributed by atoms with E-state index in [0.29, 0.717) is 26.1 Å². The highest BCUT2D eigenvalue weighted by molar-refractivity contribution is 5.88. The normalized spacial score (nSPS) is 20.4. The summed E-state index contributed by atoms with van der Waals surface area (Å²) < 4.78 is 0. The summed E-state index contributed by atoms with van der Waals surface area (Å²) in [7, 11) is 0. The first-order valence-corrected chi connectivity index (χ1v) is 13.8. The summed E-state index contributed by atoms with van der Waals surface area (Å²) in [6, 6.07) is -0.440. The van der Waals surface area contributed by atoms with Gasteiger partial charge in [-0.2, -0.15) is 0 Å². The summed E-state index contributed by atoms with van der Waals surface area (Å²) in [4.78, 5) is 42.2. The highest BCUT2D eigenvalue weighted by Gasteiger charge is 2.39. The smallest absolute Gasteiger partial charge is 0.245 e. The van der Waals surface area contributed by atoms with Crippen LogP contribution in [0.4, 0.5) is 0 Å². The Morgan fingerprint density at radius 3 is 2.06 bits per heavy atom. The number of hydrogen-bond acceptors (Lipinski definition) is 3. The zero-order valence-corrected chi connectivity index (χ0v) is 21.7. The van der Waals surface area contributed by atoms with Crippen molar-refractivity contribution in [3.05, 3.63) is 0 Å². The van der Waals surface area contributed by atoms with Crippen LogP contribution in [0.1, 0.15) is 111 Å². The topological polar surface area (TPSA) is 69.7 Å². The lowest BCUT2D eigenvalue weighted by atomic mass is 9.96. The predicted octanol–water partition coefficient (Wildman–Crippen LogP) is 4.91. The molecule has 0 radical (unpaired) electrons. The maximum absolute atomic E-state index is 13.3. The van der Waals surface area contributed by atoms with Gasteiger partial charge in [-0.3, -0.25) is 14.4 Å². The Morgan fingerprint density at radius 2 is 1.52 bits per heavy atom. The summed E-state index contributed by atoms with van der Waals surface area (Å²) in [5.41, 5.74) is 0. The van der Waals surface area contributed by atoms with E-state index in [1.54, 1.807) is 0 Å². The molecule has 1 aliphatic carbocycles. The van der Waals surface area contributed by atoms with Crippen LogP contribution in [0.2, 0.25) is 0 Å². The lowest BCUT2D eigenvalue weighted by molar-refractivity contribution is -0.146. The lowest BCUT2D eigenvalue weighted by Gasteiger charge is -2.41. The first-order valence-electron chi connectivity index (χ1n) is 13.8. The molecule has 6 nitrogen and oxygen atoms in total. The van der Waals surface area contributed by atoms with Crippen molar-refractivity contribution in [1.82, 2.24) is 15.1 Å². The van der Waals surface area contributed by atoms with Crippen LogP contribution in [0.3, 0.4) is 0 Å². The minimum Gasteiger partial charge on any atom is -0.344 e. The van der Waals surface area contributed by atoms with Gasteiger partial charge in [-0.15, -0.1) is 0 Å². The van der Waals surface area contributed by atoms with E-state index in [1.165, 1.54) is 44.9 Å². The van der Waals surface area contributed by atoms with Crippen LogP contribution in [0.25, 0.3) is 0 Å². The van der Waals surface area contributed by atoms with Crippen LogP contribution in [-0.4, -0.2) is 59.2 Å². The zero-order chi connectivity index (χ0) is 24.2. The van der Waals surface area contributed by atoms with Gasteiger partial charge >= 0.3 is 0 Å². The standard InChI is InChI=1S/C27H49N3O3/c1-5-7-8-9-10-11-12-13-14-15-24(31)28-25(21(3)6-2)27(33)29-18-19-30(22(4)20-29)26(32)23-16-17-23/h21-23,25H,5-20H2,1-4H3,(H,28,31). The molecule has 0 bridgehead atoms. The van der Waals surface area contributed by atoms with Gasteiger partial charge in [0.2, 0.25) is 17.7 Å². The highest BCUT2D eigenvalue weighted by atomic mass is 16.2. The van der Waals surface area contributed by atoms with E-state index in [-0.39, 0.29) is 35.6 Å². The Labute approximate surface area is 202 Å². The van der Waals surface area contributed by atoms with E-state index in [1.807, 2.05) is 23.6 Å². The van der Waals surface area contributed by atoms with Crippen LogP contribution < -0.4 is 5.32 Å². The molecule has 3 unspecified atom stereocenters. The molecule has 2 fully saturated rings. The van der Waals surface area contributed by atoms with Crippen molar-refractivity contribution in [3.8, 4) is 0 Å². The maximum atomic E-state index is 13.3. The number of amides is 3. The number of nitrogens with one attached hydrogen (secondary N) is 1. The summed E-state index contributed by atoms with van der Waals surface area (Å²) in [6.45, 7) is 10.1. The third-order valence-corrected chi connectivity index (χ3v) is 7.45. The van der Waals surface area contributed by atoms with Crippen molar-refractivity contribution >= 4 is 17.7 Å². The van der Waals surface area contributed by atoms with E-state index >= 15 is 0 Å².